The molecule has 0 aliphatic rings. The van der Waals surface area contributed by atoms with Gasteiger partial charge < -0.3 is 14.0 Å². The van der Waals surface area contributed by atoms with Crippen molar-refractivity contribution in [3.05, 3.63) is 29.1 Å². The maximum Gasteiger partial charge on any atom is 0.534 e. The molecule has 2 aromatic rings. The predicted octanol–water partition coefficient (Wildman–Crippen LogP) is 1.36. The molecule has 0 bridgehead atoms. The van der Waals surface area contributed by atoms with E-state index in [0.717, 1.165) is 23.9 Å². The fourth-order valence-corrected chi connectivity index (χ4v) is 2.41. The molecule has 0 spiro atoms. The van der Waals surface area contributed by atoms with Crippen molar-refractivity contribution in [2.45, 2.75) is 12.4 Å². The van der Waals surface area contributed by atoms with Crippen molar-refractivity contribution in [3.63, 3.8) is 0 Å². The summed E-state index contributed by atoms with van der Waals surface area (Å²) in [6, 6.07) is 0.846. The molecule has 0 unspecified atom stereocenters. The first-order valence-electron chi connectivity index (χ1n) is 6.24. The van der Waals surface area contributed by atoms with Crippen LogP contribution in [0.2, 0.25) is 0 Å². The van der Waals surface area contributed by atoms with E-state index in [1.54, 1.807) is 0 Å². The van der Waals surface area contributed by atoms with Gasteiger partial charge in [-0.25, -0.2) is 14.1 Å². The van der Waals surface area contributed by atoms with Crippen molar-refractivity contribution >= 4 is 27.6 Å². The molecule has 0 saturated carbocycles. The first kappa shape index (κ1) is 18.5. The van der Waals surface area contributed by atoms with Crippen molar-refractivity contribution in [2.24, 2.45) is 0 Å². The van der Waals surface area contributed by atoms with Gasteiger partial charge >= 0.3 is 27.6 Å². The van der Waals surface area contributed by atoms with Crippen molar-refractivity contribution in [1.82, 2.24) is 9.61 Å². The van der Waals surface area contributed by atoms with Gasteiger partial charge in [-0.15, -0.1) is 0 Å². The molecule has 9 nitrogen and oxygen atoms in total. The highest BCUT2D eigenvalue weighted by Crippen LogP contribution is 2.34. The van der Waals surface area contributed by atoms with E-state index >= 15 is 0 Å². The molecule has 0 atom stereocenters. The quantitative estimate of drug-likeness (QED) is 0.477. The standard InChI is InChI=1S/C12H9F3N2O7S/c1-5-4-17-7(3-6(16-17)11(20)23-2)9(8(5)10(18)19)24-25(21,22)12(13,14)15/h3-4H,1-2H3,(H,18,19). The number of nitrogens with zero attached hydrogens (tertiary/aromatic N) is 2. The summed E-state index contributed by atoms with van der Waals surface area (Å²) < 4.78 is 69.6. The summed E-state index contributed by atoms with van der Waals surface area (Å²) in [6.45, 7) is 1.19. The topological polar surface area (TPSA) is 124 Å². The van der Waals surface area contributed by atoms with Gasteiger partial charge in [0.15, 0.2) is 11.4 Å². The average Bonchev–Trinajstić information content (AvgIpc) is 2.88. The van der Waals surface area contributed by atoms with Crippen LogP contribution < -0.4 is 4.18 Å². The minimum absolute atomic E-state index is 0.146. The van der Waals surface area contributed by atoms with Crippen LogP contribution in [0.4, 0.5) is 13.2 Å². The first-order valence-corrected chi connectivity index (χ1v) is 7.65. The van der Waals surface area contributed by atoms with Gasteiger partial charge in [0, 0.05) is 12.3 Å². The number of rotatable bonds is 4. The third-order valence-corrected chi connectivity index (χ3v) is 3.94. The molecule has 1 N–H and O–H groups in total. The Bertz CT molecular complexity index is 979. The molecule has 136 valence electrons. The lowest BCUT2D eigenvalue weighted by Gasteiger charge is -2.13. The summed E-state index contributed by atoms with van der Waals surface area (Å²) in [4.78, 5) is 22.8. The minimum Gasteiger partial charge on any atom is -0.478 e. The highest BCUT2D eigenvalue weighted by Gasteiger charge is 2.49. The fourth-order valence-electron chi connectivity index (χ4n) is 1.93. The number of methoxy groups -OCH3 is 1. The molecule has 0 fully saturated rings. The number of pyridine rings is 1. The summed E-state index contributed by atoms with van der Waals surface area (Å²) in [7, 11) is -5.13. The zero-order chi connectivity index (χ0) is 19.2. The normalized spacial score (nSPS) is 12.2. The monoisotopic (exact) mass is 382 g/mol. The number of esters is 1. The van der Waals surface area contributed by atoms with E-state index in [1.165, 1.54) is 6.92 Å². The van der Waals surface area contributed by atoms with Crippen LogP contribution >= 0.6 is 0 Å². The van der Waals surface area contributed by atoms with Crippen LogP contribution in [0.15, 0.2) is 12.3 Å². The Balaban J connectivity index is 2.82. The van der Waals surface area contributed by atoms with E-state index in [1.807, 2.05) is 0 Å². The van der Waals surface area contributed by atoms with Gasteiger partial charge in [0.2, 0.25) is 0 Å². The summed E-state index contributed by atoms with van der Waals surface area (Å²) >= 11 is 0. The highest BCUT2D eigenvalue weighted by molar-refractivity contribution is 7.88. The number of carbonyl (C=O) groups is 2. The van der Waals surface area contributed by atoms with Crippen LogP contribution in [-0.4, -0.2) is 47.7 Å². The summed E-state index contributed by atoms with van der Waals surface area (Å²) in [6.07, 6.45) is 1.08. The molecule has 0 aliphatic carbocycles. The molecule has 13 heteroatoms. The Hall–Kier alpha value is -2.83. The Morgan fingerprint density at radius 1 is 1.32 bits per heavy atom. The Kier molecular flexibility index (Phi) is 4.38. The van der Waals surface area contributed by atoms with Crippen LogP contribution in [0.25, 0.3) is 5.52 Å². The number of aryl methyl sites for hydroxylation is 1. The van der Waals surface area contributed by atoms with Gasteiger partial charge in [0.25, 0.3) is 0 Å². The maximum absolute atomic E-state index is 12.6. The lowest BCUT2D eigenvalue weighted by atomic mass is 10.1. The van der Waals surface area contributed by atoms with Crippen molar-refractivity contribution in [3.8, 4) is 5.75 Å². The lowest BCUT2D eigenvalue weighted by Crippen LogP contribution is -2.29. The molecule has 0 aromatic carbocycles. The van der Waals surface area contributed by atoms with Crippen LogP contribution in [0.3, 0.4) is 0 Å². The number of alkyl halides is 3. The van der Waals surface area contributed by atoms with Gasteiger partial charge in [-0.2, -0.15) is 26.7 Å². The zero-order valence-electron chi connectivity index (χ0n) is 12.5. The number of ether oxygens (including phenoxy) is 1. The molecule has 0 saturated heterocycles. The van der Waals surface area contributed by atoms with Gasteiger partial charge in [0.05, 0.1) is 7.11 Å². The number of aromatic carboxylic acids is 1. The smallest absolute Gasteiger partial charge is 0.478 e. The fraction of sp³-hybridized carbons (Fsp3) is 0.250. The minimum atomic E-state index is -6.15. The number of aromatic nitrogens is 2. The van der Waals surface area contributed by atoms with Crippen LogP contribution in [0.5, 0.6) is 5.75 Å². The molecule has 25 heavy (non-hydrogen) atoms. The second-order valence-corrected chi connectivity index (χ2v) is 6.19. The lowest BCUT2D eigenvalue weighted by molar-refractivity contribution is -0.0500. The van der Waals surface area contributed by atoms with Gasteiger partial charge in [-0.1, -0.05) is 0 Å². The van der Waals surface area contributed by atoms with Gasteiger partial charge in [0.1, 0.15) is 11.1 Å². The molecular weight excluding hydrogens is 373 g/mol. The van der Waals surface area contributed by atoms with E-state index < -0.39 is 50.1 Å². The number of halogens is 3. The van der Waals surface area contributed by atoms with Crippen LogP contribution in [-0.2, 0) is 14.9 Å². The summed E-state index contributed by atoms with van der Waals surface area (Å²) in [5, 5.41) is 12.9. The molecule has 0 radical (unpaired) electrons. The summed E-state index contributed by atoms with van der Waals surface area (Å²) in [5.74, 6) is -3.82. The number of carboxylic acid groups (broad SMARTS) is 1. The molecule has 2 aromatic heterocycles. The van der Waals surface area contributed by atoms with E-state index in [4.69, 9.17) is 0 Å². The average molecular weight is 382 g/mol. The van der Waals surface area contributed by atoms with E-state index in [0.29, 0.717) is 0 Å². The van der Waals surface area contributed by atoms with Crippen molar-refractivity contribution < 1.29 is 45.2 Å². The Morgan fingerprint density at radius 3 is 2.40 bits per heavy atom. The van der Waals surface area contributed by atoms with Gasteiger partial charge in [-0.3, -0.25) is 0 Å². The van der Waals surface area contributed by atoms with Crippen LogP contribution in [0, 0.1) is 6.92 Å². The zero-order valence-corrected chi connectivity index (χ0v) is 13.3. The highest BCUT2D eigenvalue weighted by atomic mass is 32.2. The molecule has 2 rings (SSSR count). The van der Waals surface area contributed by atoms with E-state index in [9.17, 15) is 36.3 Å². The first-order chi connectivity index (χ1) is 11.4. The second kappa shape index (κ2) is 5.91. The second-order valence-electron chi connectivity index (χ2n) is 4.66. The maximum atomic E-state index is 12.6. The van der Waals surface area contributed by atoms with Crippen molar-refractivity contribution in [1.29, 1.82) is 0 Å². The van der Waals surface area contributed by atoms with Crippen molar-refractivity contribution in [2.75, 3.05) is 7.11 Å². The Morgan fingerprint density at radius 2 is 1.92 bits per heavy atom. The third-order valence-electron chi connectivity index (χ3n) is 2.99. The number of hydrogen-bond donors (Lipinski definition) is 1. The number of carboxylic acids is 1. The molecule has 0 aliphatic heterocycles. The Labute approximate surface area is 137 Å². The van der Waals surface area contributed by atoms with E-state index in [2.05, 4.69) is 14.0 Å². The predicted molar refractivity (Wildman–Crippen MR) is 73.8 cm³/mol. The number of carbonyl (C=O) groups excluding carboxylic acids is 1. The van der Waals surface area contributed by atoms with E-state index in [-0.39, 0.29) is 5.56 Å². The van der Waals surface area contributed by atoms with Gasteiger partial charge in [-0.05, 0) is 12.5 Å². The molecular formula is C12H9F3N2O7S. The SMILES string of the molecule is COC(=O)c1cc2c(OS(=O)(=O)C(F)(F)F)c(C(=O)O)c(C)cn2n1. The van der Waals surface area contributed by atoms with Crippen LogP contribution in [0.1, 0.15) is 26.4 Å². The largest absolute Gasteiger partial charge is 0.534 e. The number of fused-ring (bicyclic) bond motifs is 1. The number of hydrogen-bond acceptors (Lipinski definition) is 7. The molecule has 0 amide bonds. The summed E-state index contributed by atoms with van der Waals surface area (Å²) in [5.41, 5.74) is -7.62. The molecule has 2 heterocycles. The third kappa shape index (κ3) is 3.22.